The number of rotatable bonds is 4. The molecule has 2 N–H and O–H groups in total. The molecule has 1 aliphatic carbocycles. The minimum atomic E-state index is -0.0203. The first-order valence-corrected chi connectivity index (χ1v) is 5.30. The van der Waals surface area contributed by atoms with Gasteiger partial charge >= 0.3 is 0 Å². The van der Waals surface area contributed by atoms with Crippen molar-refractivity contribution in [1.82, 2.24) is 10.3 Å². The summed E-state index contributed by atoms with van der Waals surface area (Å²) >= 11 is 0. The van der Waals surface area contributed by atoms with Gasteiger partial charge in [-0.25, -0.2) is 4.98 Å². The van der Waals surface area contributed by atoms with Crippen molar-refractivity contribution in [3.8, 4) is 0 Å². The van der Waals surface area contributed by atoms with Gasteiger partial charge in [-0.2, -0.15) is 0 Å². The third kappa shape index (κ3) is 2.68. The number of hydrogen-bond donors (Lipinski definition) is 2. The molecule has 0 atom stereocenters. The summed E-state index contributed by atoms with van der Waals surface area (Å²) < 4.78 is 0. The van der Waals surface area contributed by atoms with Crippen molar-refractivity contribution in [3.05, 3.63) is 23.9 Å². The average molecular weight is 205 g/mol. The lowest BCUT2D eigenvalue weighted by molar-refractivity contribution is 0.0951. The molecule has 1 amide bonds. The first-order chi connectivity index (χ1) is 7.29. The third-order valence-electron chi connectivity index (χ3n) is 2.30. The van der Waals surface area contributed by atoms with Crippen molar-refractivity contribution >= 4 is 11.7 Å². The molecule has 0 unspecified atom stereocenters. The maximum Gasteiger partial charge on any atom is 0.253 e. The van der Waals surface area contributed by atoms with Gasteiger partial charge in [-0.3, -0.25) is 4.79 Å². The molecule has 0 aromatic carbocycles. The Morgan fingerprint density at radius 1 is 1.53 bits per heavy atom. The predicted molar refractivity (Wildman–Crippen MR) is 58.9 cm³/mol. The zero-order chi connectivity index (χ0) is 10.7. The summed E-state index contributed by atoms with van der Waals surface area (Å²) in [4.78, 5) is 15.7. The van der Waals surface area contributed by atoms with Crippen LogP contribution in [0.5, 0.6) is 0 Å². The average Bonchev–Trinajstić information content (AvgIpc) is 3.03. The summed E-state index contributed by atoms with van der Waals surface area (Å²) in [5.41, 5.74) is 0.628. The van der Waals surface area contributed by atoms with Gasteiger partial charge in [0.25, 0.3) is 5.91 Å². The zero-order valence-corrected chi connectivity index (χ0v) is 8.79. The van der Waals surface area contributed by atoms with Gasteiger partial charge in [-0.1, -0.05) is 0 Å². The van der Waals surface area contributed by atoms with Crippen molar-refractivity contribution in [2.45, 2.75) is 25.8 Å². The van der Waals surface area contributed by atoms with Crippen LogP contribution in [0.1, 0.15) is 30.1 Å². The molecule has 4 nitrogen and oxygen atoms in total. The lowest BCUT2D eigenvalue weighted by Gasteiger charge is -2.04. The molecular weight excluding hydrogens is 190 g/mol. The maximum atomic E-state index is 11.6. The number of nitrogens with zero attached hydrogens (tertiary/aromatic N) is 1. The number of carbonyl (C=O) groups excluding carboxylic acids is 1. The molecule has 1 aliphatic rings. The highest BCUT2D eigenvalue weighted by Gasteiger charge is 2.23. The number of pyridine rings is 1. The normalized spacial score (nSPS) is 14.7. The number of nitrogens with one attached hydrogen (secondary N) is 2. The van der Waals surface area contributed by atoms with Crippen molar-refractivity contribution in [3.63, 3.8) is 0 Å². The number of aromatic nitrogens is 1. The number of amides is 1. The summed E-state index contributed by atoms with van der Waals surface area (Å²) in [7, 11) is 0. The first-order valence-electron chi connectivity index (χ1n) is 5.30. The molecule has 0 spiro atoms. The van der Waals surface area contributed by atoms with Gasteiger partial charge in [-0.15, -0.1) is 0 Å². The number of hydrogen-bond acceptors (Lipinski definition) is 3. The van der Waals surface area contributed by atoms with E-state index in [1.54, 1.807) is 12.3 Å². The Morgan fingerprint density at radius 3 is 2.87 bits per heavy atom. The van der Waals surface area contributed by atoms with E-state index in [2.05, 4.69) is 15.6 Å². The summed E-state index contributed by atoms with van der Waals surface area (Å²) in [6.07, 6.45) is 3.82. The summed E-state index contributed by atoms with van der Waals surface area (Å²) in [5, 5.41) is 6.01. The van der Waals surface area contributed by atoms with E-state index >= 15 is 0 Å². The van der Waals surface area contributed by atoms with Crippen LogP contribution in [0.3, 0.4) is 0 Å². The van der Waals surface area contributed by atoms with Crippen LogP contribution in [-0.2, 0) is 0 Å². The molecule has 0 bridgehead atoms. The topological polar surface area (TPSA) is 54.0 Å². The third-order valence-corrected chi connectivity index (χ3v) is 2.30. The van der Waals surface area contributed by atoms with Crippen molar-refractivity contribution < 1.29 is 4.79 Å². The van der Waals surface area contributed by atoms with Crippen molar-refractivity contribution in [2.24, 2.45) is 0 Å². The second kappa shape index (κ2) is 4.29. The quantitative estimate of drug-likeness (QED) is 0.781. The molecule has 4 heteroatoms. The molecule has 1 aromatic rings. The highest BCUT2D eigenvalue weighted by molar-refractivity contribution is 5.94. The van der Waals surface area contributed by atoms with Gasteiger partial charge < -0.3 is 10.6 Å². The van der Waals surface area contributed by atoms with Crippen LogP contribution in [0, 0.1) is 0 Å². The van der Waals surface area contributed by atoms with Gasteiger partial charge in [-0.05, 0) is 31.9 Å². The van der Waals surface area contributed by atoms with Crippen LogP contribution in [0.15, 0.2) is 18.3 Å². The molecular formula is C11H15N3O. The highest BCUT2D eigenvalue weighted by Crippen LogP contribution is 2.19. The molecule has 0 radical (unpaired) electrons. The van der Waals surface area contributed by atoms with Crippen LogP contribution >= 0.6 is 0 Å². The standard InChI is InChI=1S/C11H15N3O/c1-2-12-10-6-3-8(7-13-10)11(15)14-9-4-5-9/h3,6-7,9H,2,4-5H2,1H3,(H,12,13)(H,14,15). The summed E-state index contributed by atoms with van der Waals surface area (Å²) in [6, 6.07) is 4.01. The van der Waals surface area contributed by atoms with E-state index in [1.807, 2.05) is 13.0 Å². The predicted octanol–water partition coefficient (Wildman–Crippen LogP) is 1.41. The molecule has 1 heterocycles. The SMILES string of the molecule is CCNc1ccc(C(=O)NC2CC2)cn1. The van der Waals surface area contributed by atoms with Gasteiger partial charge in [0.05, 0.1) is 5.56 Å². The molecule has 0 saturated heterocycles. The molecule has 80 valence electrons. The fourth-order valence-electron chi connectivity index (χ4n) is 1.31. The van der Waals surface area contributed by atoms with E-state index in [4.69, 9.17) is 0 Å². The van der Waals surface area contributed by atoms with Gasteiger partial charge in [0.2, 0.25) is 0 Å². The number of anilines is 1. The lowest BCUT2D eigenvalue weighted by atomic mass is 10.2. The molecule has 1 aromatic heterocycles. The summed E-state index contributed by atoms with van der Waals surface area (Å²) in [6.45, 7) is 2.84. The smallest absolute Gasteiger partial charge is 0.253 e. The second-order valence-corrected chi connectivity index (χ2v) is 3.71. The van der Waals surface area contributed by atoms with E-state index in [0.29, 0.717) is 11.6 Å². The Bertz CT molecular complexity index is 343. The van der Waals surface area contributed by atoms with E-state index in [9.17, 15) is 4.79 Å². The second-order valence-electron chi connectivity index (χ2n) is 3.71. The van der Waals surface area contributed by atoms with E-state index < -0.39 is 0 Å². The van der Waals surface area contributed by atoms with Gasteiger partial charge in [0.1, 0.15) is 5.82 Å². The Labute approximate surface area is 89.1 Å². The van der Waals surface area contributed by atoms with Gasteiger partial charge in [0.15, 0.2) is 0 Å². The van der Waals surface area contributed by atoms with E-state index in [0.717, 1.165) is 25.2 Å². The Kier molecular flexibility index (Phi) is 2.85. The first kappa shape index (κ1) is 9.96. The molecule has 2 rings (SSSR count). The number of carbonyl (C=O) groups is 1. The fraction of sp³-hybridized carbons (Fsp3) is 0.455. The van der Waals surface area contributed by atoms with E-state index in [1.165, 1.54) is 0 Å². The van der Waals surface area contributed by atoms with Gasteiger partial charge in [0, 0.05) is 18.8 Å². The lowest BCUT2D eigenvalue weighted by Crippen LogP contribution is -2.25. The zero-order valence-electron chi connectivity index (χ0n) is 8.79. The Morgan fingerprint density at radius 2 is 2.33 bits per heavy atom. The molecule has 15 heavy (non-hydrogen) atoms. The molecule has 1 fully saturated rings. The Balaban J connectivity index is 1.98. The van der Waals surface area contributed by atoms with Crippen LogP contribution < -0.4 is 10.6 Å². The Hall–Kier alpha value is -1.58. The largest absolute Gasteiger partial charge is 0.370 e. The fourth-order valence-corrected chi connectivity index (χ4v) is 1.31. The van der Waals surface area contributed by atoms with Crippen molar-refractivity contribution in [1.29, 1.82) is 0 Å². The molecule has 1 saturated carbocycles. The monoisotopic (exact) mass is 205 g/mol. The minimum Gasteiger partial charge on any atom is -0.370 e. The minimum absolute atomic E-state index is 0.0203. The van der Waals surface area contributed by atoms with E-state index in [-0.39, 0.29) is 5.91 Å². The highest BCUT2D eigenvalue weighted by atomic mass is 16.1. The molecule has 0 aliphatic heterocycles. The van der Waals surface area contributed by atoms with Crippen LogP contribution in [-0.4, -0.2) is 23.5 Å². The maximum absolute atomic E-state index is 11.6. The van der Waals surface area contributed by atoms with Crippen LogP contribution in [0.2, 0.25) is 0 Å². The summed E-state index contributed by atoms with van der Waals surface area (Å²) in [5.74, 6) is 0.786. The van der Waals surface area contributed by atoms with Crippen LogP contribution in [0.25, 0.3) is 0 Å². The van der Waals surface area contributed by atoms with Crippen molar-refractivity contribution in [2.75, 3.05) is 11.9 Å². The van der Waals surface area contributed by atoms with Crippen LogP contribution in [0.4, 0.5) is 5.82 Å².